The fraction of sp³-hybridized carbons (Fsp3) is 0.597. The largest absolute Gasteiger partial charge is 0.462 e. The summed E-state index contributed by atoms with van der Waals surface area (Å²) in [5.41, 5.74) is 0. The predicted octanol–water partition coefficient (Wildman–Crippen LogP) is 21.7. The summed E-state index contributed by atoms with van der Waals surface area (Å²) in [6.45, 7) is 6.40. The Morgan fingerprint density at radius 1 is 0.269 bits per heavy atom. The molecule has 0 saturated carbocycles. The van der Waals surface area contributed by atoms with E-state index in [1.807, 2.05) is 0 Å². The Morgan fingerprint density at radius 3 is 0.859 bits per heavy atom. The molecule has 438 valence electrons. The third kappa shape index (κ3) is 61.9. The first-order chi connectivity index (χ1) is 38.5. The van der Waals surface area contributed by atoms with Gasteiger partial charge >= 0.3 is 17.9 Å². The summed E-state index contributed by atoms with van der Waals surface area (Å²) in [5.74, 6) is -1.01. The fourth-order valence-corrected chi connectivity index (χ4v) is 8.03. The van der Waals surface area contributed by atoms with Crippen LogP contribution >= 0.6 is 0 Å². The number of allylic oxidation sites excluding steroid dienone is 26. The second-order valence-corrected chi connectivity index (χ2v) is 20.2. The van der Waals surface area contributed by atoms with Crippen LogP contribution in [0.15, 0.2) is 158 Å². The standard InChI is InChI=1S/C72H114O6/c1-4-7-10-13-16-19-22-25-28-30-31-32-33-34-35-36-37-38-39-40-41-42-45-47-50-53-56-59-62-65-71(74)77-68-69(67-76-70(73)64-61-58-55-52-49-46-43-27-24-21-18-15-12-9-6-3)78-72(75)66-63-60-57-54-51-48-44-29-26-23-20-17-14-11-8-5-2/h7,10,16,18-21,23,25,27-29,31-32,34-35,37-38,40-41,43-45,47,53,56,69H,4-6,8-9,11-15,17,22,24,26,30,33,36,39,42,46,48-52,54-55,57-68H2,1-3H3/b10-7-,19-16-,21-18-,23-20-,28-25-,32-31-,35-34-,38-37-,41-40-,43-27-,44-29-,47-45-,56-53-. The molecule has 0 N–H and O–H groups in total. The van der Waals surface area contributed by atoms with Gasteiger partial charge in [0.05, 0.1) is 0 Å². The average Bonchev–Trinajstić information content (AvgIpc) is 3.44. The van der Waals surface area contributed by atoms with Crippen LogP contribution in [0.5, 0.6) is 0 Å². The maximum Gasteiger partial charge on any atom is 0.306 e. The Hall–Kier alpha value is -4.97. The van der Waals surface area contributed by atoms with E-state index in [4.69, 9.17) is 14.2 Å². The van der Waals surface area contributed by atoms with E-state index in [0.29, 0.717) is 19.3 Å². The van der Waals surface area contributed by atoms with E-state index in [0.717, 1.165) is 154 Å². The molecule has 0 aliphatic rings. The van der Waals surface area contributed by atoms with Crippen molar-refractivity contribution < 1.29 is 28.6 Å². The van der Waals surface area contributed by atoms with Gasteiger partial charge < -0.3 is 14.2 Å². The molecule has 0 spiro atoms. The molecule has 6 nitrogen and oxygen atoms in total. The number of unbranched alkanes of at least 4 members (excludes halogenated alkanes) is 18. The molecule has 0 aromatic rings. The predicted molar refractivity (Wildman–Crippen MR) is 338 cm³/mol. The maximum atomic E-state index is 12.9. The molecule has 1 atom stereocenters. The zero-order chi connectivity index (χ0) is 56.4. The minimum Gasteiger partial charge on any atom is -0.462 e. The lowest BCUT2D eigenvalue weighted by Crippen LogP contribution is -2.30. The molecule has 0 aliphatic carbocycles. The van der Waals surface area contributed by atoms with E-state index in [-0.39, 0.29) is 37.5 Å². The van der Waals surface area contributed by atoms with Crippen LogP contribution in [-0.2, 0) is 28.6 Å². The molecule has 78 heavy (non-hydrogen) atoms. The molecule has 0 bridgehead atoms. The van der Waals surface area contributed by atoms with Crippen molar-refractivity contribution >= 4 is 17.9 Å². The molecule has 0 saturated heterocycles. The normalized spacial score (nSPS) is 13.2. The Balaban J connectivity index is 4.50. The quantitative estimate of drug-likeness (QED) is 0.0261. The van der Waals surface area contributed by atoms with Gasteiger partial charge in [-0.2, -0.15) is 0 Å². The van der Waals surface area contributed by atoms with Gasteiger partial charge in [0.15, 0.2) is 6.10 Å². The molecule has 0 aromatic heterocycles. The molecule has 1 unspecified atom stereocenters. The number of ether oxygens (including phenoxy) is 3. The van der Waals surface area contributed by atoms with Crippen LogP contribution in [-0.4, -0.2) is 37.2 Å². The third-order valence-electron chi connectivity index (χ3n) is 12.7. The highest BCUT2D eigenvalue weighted by Crippen LogP contribution is 2.13. The third-order valence-corrected chi connectivity index (χ3v) is 12.7. The van der Waals surface area contributed by atoms with Crippen molar-refractivity contribution in [3.63, 3.8) is 0 Å². The van der Waals surface area contributed by atoms with Gasteiger partial charge in [-0.15, -0.1) is 0 Å². The van der Waals surface area contributed by atoms with E-state index < -0.39 is 6.10 Å². The van der Waals surface area contributed by atoms with E-state index in [2.05, 4.69) is 179 Å². The van der Waals surface area contributed by atoms with Crippen LogP contribution < -0.4 is 0 Å². The smallest absolute Gasteiger partial charge is 0.306 e. The van der Waals surface area contributed by atoms with Crippen molar-refractivity contribution in [3.8, 4) is 0 Å². The van der Waals surface area contributed by atoms with E-state index in [9.17, 15) is 14.4 Å². The van der Waals surface area contributed by atoms with E-state index in [1.165, 1.54) is 57.8 Å². The highest BCUT2D eigenvalue weighted by Gasteiger charge is 2.19. The monoisotopic (exact) mass is 1070 g/mol. The molecule has 0 amide bonds. The maximum absolute atomic E-state index is 12.9. The van der Waals surface area contributed by atoms with Crippen LogP contribution in [0, 0.1) is 0 Å². The topological polar surface area (TPSA) is 78.9 Å². The number of rotatable bonds is 55. The Morgan fingerprint density at radius 2 is 0.513 bits per heavy atom. The molecule has 0 heterocycles. The summed E-state index contributed by atoms with van der Waals surface area (Å²) in [5, 5.41) is 0. The molecule has 0 aromatic carbocycles. The van der Waals surface area contributed by atoms with Gasteiger partial charge in [0.25, 0.3) is 0 Å². The van der Waals surface area contributed by atoms with Gasteiger partial charge in [-0.25, -0.2) is 0 Å². The van der Waals surface area contributed by atoms with Crippen molar-refractivity contribution in [1.29, 1.82) is 0 Å². The van der Waals surface area contributed by atoms with Gasteiger partial charge in [0.1, 0.15) is 13.2 Å². The molecule has 0 radical (unpaired) electrons. The van der Waals surface area contributed by atoms with Crippen molar-refractivity contribution in [2.45, 2.75) is 264 Å². The molecule has 0 aliphatic heterocycles. The average molecular weight is 1080 g/mol. The number of esters is 3. The first-order valence-corrected chi connectivity index (χ1v) is 31.5. The summed E-state index contributed by atoms with van der Waals surface area (Å²) in [4.78, 5) is 38.2. The summed E-state index contributed by atoms with van der Waals surface area (Å²) in [6, 6.07) is 0. The second kappa shape index (κ2) is 64.6. The first kappa shape index (κ1) is 73.0. The molecule has 0 rings (SSSR count). The van der Waals surface area contributed by atoms with Gasteiger partial charge in [-0.3, -0.25) is 14.4 Å². The van der Waals surface area contributed by atoms with Crippen LogP contribution in [0.1, 0.15) is 258 Å². The van der Waals surface area contributed by atoms with E-state index in [1.54, 1.807) is 0 Å². The van der Waals surface area contributed by atoms with Gasteiger partial charge in [0.2, 0.25) is 0 Å². The number of hydrogen-bond acceptors (Lipinski definition) is 6. The minimum absolute atomic E-state index is 0.115. The van der Waals surface area contributed by atoms with Crippen molar-refractivity contribution in [1.82, 2.24) is 0 Å². The highest BCUT2D eigenvalue weighted by molar-refractivity contribution is 5.71. The van der Waals surface area contributed by atoms with Gasteiger partial charge in [-0.1, -0.05) is 249 Å². The Bertz CT molecular complexity index is 1760. The summed E-state index contributed by atoms with van der Waals surface area (Å²) >= 11 is 0. The second-order valence-electron chi connectivity index (χ2n) is 20.2. The minimum atomic E-state index is -0.823. The number of carbonyl (C=O) groups excluding carboxylic acids is 3. The van der Waals surface area contributed by atoms with Gasteiger partial charge in [-0.05, 0) is 148 Å². The first-order valence-electron chi connectivity index (χ1n) is 31.5. The summed E-state index contributed by atoms with van der Waals surface area (Å²) in [6.07, 6.45) is 93.9. The lowest BCUT2D eigenvalue weighted by molar-refractivity contribution is -0.167. The number of hydrogen-bond donors (Lipinski definition) is 0. The van der Waals surface area contributed by atoms with Crippen molar-refractivity contribution in [2.75, 3.05) is 13.2 Å². The molecular weight excluding hydrogens is 961 g/mol. The van der Waals surface area contributed by atoms with Crippen molar-refractivity contribution in [3.05, 3.63) is 158 Å². The highest BCUT2D eigenvalue weighted by atomic mass is 16.6. The summed E-state index contributed by atoms with van der Waals surface area (Å²) < 4.78 is 16.8. The van der Waals surface area contributed by atoms with Crippen LogP contribution in [0.2, 0.25) is 0 Å². The van der Waals surface area contributed by atoms with Gasteiger partial charge in [0, 0.05) is 19.3 Å². The Kier molecular flexibility index (Phi) is 60.4. The molecular formula is C72H114O6. The Labute approximate surface area is 480 Å². The zero-order valence-electron chi connectivity index (χ0n) is 50.1. The van der Waals surface area contributed by atoms with Crippen LogP contribution in [0.3, 0.4) is 0 Å². The zero-order valence-corrected chi connectivity index (χ0v) is 50.1. The SMILES string of the molecule is CC/C=C\C/C=C\C/C=C\C/C=C\C/C=C\C/C=C\C/C=C\C/C=C\C/C=C\CCCC(=O)OCC(COC(=O)CCCCCCC/C=C\C/C=C\CCCCC)OC(=O)CCCCCCC/C=C\C/C=C\CCCCCC. The molecule has 6 heteroatoms. The van der Waals surface area contributed by atoms with E-state index >= 15 is 0 Å². The summed E-state index contributed by atoms with van der Waals surface area (Å²) in [7, 11) is 0. The molecule has 0 fully saturated rings. The lowest BCUT2D eigenvalue weighted by Gasteiger charge is -2.18. The van der Waals surface area contributed by atoms with Crippen LogP contribution in [0.4, 0.5) is 0 Å². The van der Waals surface area contributed by atoms with Crippen molar-refractivity contribution in [2.24, 2.45) is 0 Å². The van der Waals surface area contributed by atoms with Crippen LogP contribution in [0.25, 0.3) is 0 Å². The fourth-order valence-electron chi connectivity index (χ4n) is 8.03. The lowest BCUT2D eigenvalue weighted by atomic mass is 10.1. The number of carbonyl (C=O) groups is 3.